The van der Waals surface area contributed by atoms with Gasteiger partial charge in [-0.3, -0.25) is 0 Å². The molecule has 0 atom stereocenters. The maximum atomic E-state index is 4.35. The molecule has 0 saturated carbocycles. The summed E-state index contributed by atoms with van der Waals surface area (Å²) < 4.78 is 0. The number of hydrogen-bond donors (Lipinski definition) is 0. The maximum Gasteiger partial charge on any atom is 4.00 e. The minimum absolute atomic E-state index is 0. The van der Waals surface area contributed by atoms with E-state index in [0.29, 0.717) is 0 Å². The van der Waals surface area contributed by atoms with Crippen LogP contribution < -0.4 is 0 Å². The zero-order valence-corrected chi connectivity index (χ0v) is 25.9. The van der Waals surface area contributed by atoms with Crippen molar-refractivity contribution in [2.24, 2.45) is 0 Å². The standard InChI is InChI=1S/3C8H18N.C5H5.Zr/c3*1-3-5-7-9-8-6-4-2;1-2-4-5-3-1;/h3*3-8H2,1-2H3;1-5H;/q4*-1;+4. The minimum atomic E-state index is 0. The number of unbranched alkanes of at least 4 members (excludes halogenated alkanes) is 6. The first-order chi connectivity index (χ1) is 15.7. The number of nitrogens with zero attached hydrogens (tertiary/aromatic N) is 3. The third-order valence-electron chi connectivity index (χ3n) is 4.57. The van der Waals surface area contributed by atoms with E-state index >= 15 is 0 Å². The van der Waals surface area contributed by atoms with Gasteiger partial charge in [-0.2, -0.15) is 18.2 Å². The van der Waals surface area contributed by atoms with Crippen molar-refractivity contribution in [2.45, 2.75) is 119 Å². The van der Waals surface area contributed by atoms with E-state index in [-0.39, 0.29) is 26.2 Å². The van der Waals surface area contributed by atoms with Gasteiger partial charge in [0.25, 0.3) is 0 Å². The molecule has 0 aromatic heterocycles. The Morgan fingerprint density at radius 1 is 0.424 bits per heavy atom. The maximum absolute atomic E-state index is 4.35. The molecule has 0 aliphatic heterocycles. The van der Waals surface area contributed by atoms with E-state index in [4.69, 9.17) is 0 Å². The second-order valence-corrected chi connectivity index (χ2v) is 8.10. The van der Waals surface area contributed by atoms with Crippen molar-refractivity contribution < 1.29 is 26.2 Å². The molecule has 33 heavy (non-hydrogen) atoms. The van der Waals surface area contributed by atoms with Gasteiger partial charge < -0.3 is 16.0 Å². The predicted octanol–water partition coefficient (Wildman–Crippen LogP) is 10.3. The first-order valence-corrected chi connectivity index (χ1v) is 13.8. The van der Waals surface area contributed by atoms with Gasteiger partial charge in [0.15, 0.2) is 0 Å². The van der Waals surface area contributed by atoms with Crippen LogP contribution in [0.15, 0.2) is 30.3 Å². The summed E-state index contributed by atoms with van der Waals surface area (Å²) in [6, 6.07) is 10.0. The predicted molar refractivity (Wildman–Crippen MR) is 151 cm³/mol. The Bertz CT molecular complexity index is 276. The fraction of sp³-hybridized carbons (Fsp3) is 0.828. The Balaban J connectivity index is -0.000000171. The van der Waals surface area contributed by atoms with Gasteiger partial charge >= 0.3 is 26.2 Å². The number of rotatable bonds is 18. The summed E-state index contributed by atoms with van der Waals surface area (Å²) in [7, 11) is 0. The van der Waals surface area contributed by atoms with Gasteiger partial charge in [0.05, 0.1) is 0 Å². The van der Waals surface area contributed by atoms with Crippen molar-refractivity contribution in [2.75, 3.05) is 39.3 Å². The normalized spacial score (nSPS) is 9.39. The summed E-state index contributed by atoms with van der Waals surface area (Å²) in [6.07, 6.45) is 15.2. The summed E-state index contributed by atoms with van der Waals surface area (Å²) in [5.41, 5.74) is 0. The zero-order chi connectivity index (χ0) is 24.4. The fourth-order valence-electron chi connectivity index (χ4n) is 2.28. The topological polar surface area (TPSA) is 42.3 Å². The molecule has 1 aromatic carbocycles. The van der Waals surface area contributed by atoms with Gasteiger partial charge in [0.1, 0.15) is 0 Å². The molecule has 0 N–H and O–H groups in total. The molecule has 0 radical (unpaired) electrons. The van der Waals surface area contributed by atoms with Crippen LogP contribution in [-0.2, 0) is 26.2 Å². The second kappa shape index (κ2) is 45.6. The average Bonchev–Trinajstić information content (AvgIpc) is 3.40. The molecule has 0 saturated heterocycles. The third-order valence-corrected chi connectivity index (χ3v) is 4.57. The minimum Gasteiger partial charge on any atom is -0.662 e. The molecule has 0 amide bonds. The molecule has 0 fully saturated rings. The summed E-state index contributed by atoms with van der Waals surface area (Å²) in [5.74, 6) is 0. The fourth-order valence-corrected chi connectivity index (χ4v) is 2.28. The Kier molecular flexibility index (Phi) is 55.7. The van der Waals surface area contributed by atoms with Crippen molar-refractivity contribution in [3.05, 3.63) is 46.3 Å². The van der Waals surface area contributed by atoms with Crippen LogP contribution in [0.3, 0.4) is 0 Å². The molecule has 194 valence electrons. The molecule has 0 unspecified atom stereocenters. The Labute approximate surface area is 229 Å². The molecule has 0 bridgehead atoms. The first-order valence-electron chi connectivity index (χ1n) is 13.8. The molecule has 0 aliphatic carbocycles. The van der Waals surface area contributed by atoms with Crippen LogP contribution in [0.2, 0.25) is 0 Å². The molecular formula is C29H59N3Zr. The van der Waals surface area contributed by atoms with Crippen LogP contribution in [0, 0.1) is 0 Å². The van der Waals surface area contributed by atoms with E-state index < -0.39 is 0 Å². The van der Waals surface area contributed by atoms with Gasteiger partial charge in [0, 0.05) is 0 Å². The van der Waals surface area contributed by atoms with Gasteiger partial charge in [0.2, 0.25) is 0 Å². The van der Waals surface area contributed by atoms with Crippen molar-refractivity contribution in [1.29, 1.82) is 0 Å². The van der Waals surface area contributed by atoms with Crippen LogP contribution in [-0.4, -0.2) is 39.3 Å². The molecule has 3 nitrogen and oxygen atoms in total. The zero-order valence-electron chi connectivity index (χ0n) is 23.5. The smallest absolute Gasteiger partial charge is 0.662 e. The van der Waals surface area contributed by atoms with Crippen LogP contribution in [0.4, 0.5) is 0 Å². The second-order valence-electron chi connectivity index (χ2n) is 8.10. The average molecular weight is 541 g/mol. The largest absolute Gasteiger partial charge is 4.00 e. The summed E-state index contributed by atoms with van der Waals surface area (Å²) in [4.78, 5) is 0. The van der Waals surface area contributed by atoms with Gasteiger partial charge in [-0.25, -0.2) is 12.1 Å². The molecule has 0 aliphatic rings. The van der Waals surface area contributed by atoms with E-state index in [1.54, 1.807) is 0 Å². The van der Waals surface area contributed by atoms with Crippen LogP contribution in [0.1, 0.15) is 119 Å². The molecule has 1 rings (SSSR count). The van der Waals surface area contributed by atoms with E-state index in [9.17, 15) is 0 Å². The summed E-state index contributed by atoms with van der Waals surface area (Å²) >= 11 is 0. The van der Waals surface area contributed by atoms with Crippen LogP contribution in [0.5, 0.6) is 0 Å². The quantitative estimate of drug-likeness (QED) is 0.131. The van der Waals surface area contributed by atoms with Gasteiger partial charge in [-0.15, -0.1) is 39.3 Å². The molecule has 0 spiro atoms. The van der Waals surface area contributed by atoms with Crippen LogP contribution in [0.25, 0.3) is 16.0 Å². The molecule has 0 heterocycles. The molecule has 1 aromatic rings. The third kappa shape index (κ3) is 54.5. The molecule has 4 heteroatoms. The molecular weight excluding hydrogens is 482 g/mol. The Morgan fingerprint density at radius 2 is 0.636 bits per heavy atom. The van der Waals surface area contributed by atoms with E-state index in [2.05, 4.69) is 57.5 Å². The van der Waals surface area contributed by atoms with Crippen LogP contribution >= 0.6 is 0 Å². The van der Waals surface area contributed by atoms with E-state index in [1.165, 1.54) is 77.0 Å². The van der Waals surface area contributed by atoms with Gasteiger partial charge in [-0.1, -0.05) is 119 Å². The summed E-state index contributed by atoms with van der Waals surface area (Å²) in [5, 5.41) is 13.1. The Morgan fingerprint density at radius 3 is 0.758 bits per heavy atom. The van der Waals surface area contributed by atoms with Crippen molar-refractivity contribution in [3.8, 4) is 0 Å². The SMILES string of the molecule is CCCC[N-]CCCC.CCCC[N-]CCCC.CCCC[N-]CCCC.[Zr+4].c1cc[cH-]c1. The van der Waals surface area contributed by atoms with E-state index in [0.717, 1.165) is 39.3 Å². The first kappa shape index (κ1) is 40.3. The monoisotopic (exact) mass is 539 g/mol. The van der Waals surface area contributed by atoms with Crippen molar-refractivity contribution in [1.82, 2.24) is 0 Å². The van der Waals surface area contributed by atoms with E-state index in [1.807, 2.05) is 30.3 Å². The summed E-state index contributed by atoms with van der Waals surface area (Å²) in [6.45, 7) is 19.7. The van der Waals surface area contributed by atoms with Gasteiger partial charge in [-0.05, 0) is 0 Å². The van der Waals surface area contributed by atoms with Crippen molar-refractivity contribution >= 4 is 0 Å². The van der Waals surface area contributed by atoms with Crippen molar-refractivity contribution in [3.63, 3.8) is 0 Å². The number of hydrogen-bond acceptors (Lipinski definition) is 0. The Hall–Kier alpha value is 0.113.